The van der Waals surface area contributed by atoms with Gasteiger partial charge >= 0.3 is 0 Å². The Hall–Kier alpha value is -0.660. The zero-order valence-electron chi connectivity index (χ0n) is 9.89. The van der Waals surface area contributed by atoms with Gasteiger partial charge in [-0.05, 0) is 19.3 Å². The zero-order valence-corrected chi connectivity index (χ0v) is 10.7. The van der Waals surface area contributed by atoms with E-state index in [1.165, 1.54) is 8.61 Å². The number of piperidine rings is 1. The van der Waals surface area contributed by atoms with E-state index in [0.29, 0.717) is 32.6 Å². The van der Waals surface area contributed by atoms with Gasteiger partial charge in [0.1, 0.15) is 0 Å². The molecule has 0 aliphatic carbocycles. The first kappa shape index (κ1) is 12.8. The normalized spacial score (nSPS) is 25.3. The number of amides is 1. The van der Waals surface area contributed by atoms with Gasteiger partial charge in [-0.25, -0.2) is 0 Å². The molecule has 0 aromatic rings. The molecule has 0 aromatic carbocycles. The van der Waals surface area contributed by atoms with Gasteiger partial charge < -0.3 is 5.32 Å². The van der Waals surface area contributed by atoms with Gasteiger partial charge in [0.05, 0.1) is 6.54 Å². The number of carbonyl (C=O) groups is 1. The fraction of sp³-hybridized carbons (Fsp3) is 0.900. The first-order chi connectivity index (χ1) is 8.10. The highest BCUT2D eigenvalue weighted by molar-refractivity contribution is 7.86. The minimum Gasteiger partial charge on any atom is -0.355 e. The van der Waals surface area contributed by atoms with Crippen LogP contribution in [0.15, 0.2) is 0 Å². The molecule has 2 heterocycles. The lowest BCUT2D eigenvalue weighted by atomic mass is 10.2. The molecular weight excluding hydrogens is 242 g/mol. The van der Waals surface area contributed by atoms with Gasteiger partial charge in [-0.15, -0.1) is 0 Å². The summed E-state index contributed by atoms with van der Waals surface area (Å²) in [4.78, 5) is 11.4. The van der Waals surface area contributed by atoms with Crippen molar-refractivity contribution in [1.29, 1.82) is 0 Å². The summed E-state index contributed by atoms with van der Waals surface area (Å²) in [6, 6.07) is 0. The topological polar surface area (TPSA) is 69.7 Å². The molecule has 0 aromatic heterocycles. The predicted octanol–water partition coefficient (Wildman–Crippen LogP) is -0.461. The highest BCUT2D eigenvalue weighted by Crippen LogP contribution is 2.17. The lowest BCUT2D eigenvalue weighted by Crippen LogP contribution is -2.48. The SMILES string of the molecule is O=C1CN(S(=O)(=O)N2CCCCC2)CCCN1. The standard InChI is InChI=1S/C10H19N3O3S/c14-10-9-13(8-4-5-11-10)17(15,16)12-6-2-1-3-7-12/h1-9H2,(H,11,14). The molecule has 0 spiro atoms. The largest absolute Gasteiger partial charge is 0.355 e. The number of nitrogens with one attached hydrogen (secondary N) is 1. The summed E-state index contributed by atoms with van der Waals surface area (Å²) in [6.45, 7) is 2.11. The van der Waals surface area contributed by atoms with Crippen LogP contribution in [0.25, 0.3) is 0 Å². The average Bonchev–Trinajstić information content (AvgIpc) is 2.55. The Kier molecular flexibility index (Phi) is 4.01. The third-order valence-corrected chi connectivity index (χ3v) is 5.18. The zero-order chi connectivity index (χ0) is 12.3. The molecule has 2 rings (SSSR count). The second kappa shape index (κ2) is 5.32. The van der Waals surface area contributed by atoms with Crippen LogP contribution >= 0.6 is 0 Å². The lowest BCUT2D eigenvalue weighted by Gasteiger charge is -2.30. The highest BCUT2D eigenvalue weighted by atomic mass is 32.2. The molecule has 0 atom stereocenters. The van der Waals surface area contributed by atoms with Crippen LogP contribution in [0.5, 0.6) is 0 Å². The van der Waals surface area contributed by atoms with Crippen LogP contribution in [-0.4, -0.2) is 55.7 Å². The van der Waals surface area contributed by atoms with E-state index in [2.05, 4.69) is 5.32 Å². The molecule has 0 saturated carbocycles. The van der Waals surface area contributed by atoms with Crippen molar-refractivity contribution in [3.05, 3.63) is 0 Å². The van der Waals surface area contributed by atoms with Gasteiger partial charge in [0.25, 0.3) is 10.2 Å². The maximum absolute atomic E-state index is 12.3. The first-order valence-electron chi connectivity index (χ1n) is 6.12. The number of hydrogen-bond acceptors (Lipinski definition) is 3. The third-order valence-electron chi connectivity index (χ3n) is 3.19. The Labute approximate surface area is 102 Å². The van der Waals surface area contributed by atoms with Gasteiger partial charge in [0.15, 0.2) is 0 Å². The van der Waals surface area contributed by atoms with Crippen molar-refractivity contribution in [2.24, 2.45) is 0 Å². The van der Waals surface area contributed by atoms with Crippen LogP contribution in [0.4, 0.5) is 0 Å². The van der Waals surface area contributed by atoms with E-state index in [9.17, 15) is 13.2 Å². The molecule has 98 valence electrons. The fourth-order valence-corrected chi connectivity index (χ4v) is 3.92. The predicted molar refractivity (Wildman–Crippen MR) is 63.5 cm³/mol. The summed E-state index contributed by atoms with van der Waals surface area (Å²) in [5.41, 5.74) is 0. The monoisotopic (exact) mass is 261 g/mol. The summed E-state index contributed by atoms with van der Waals surface area (Å²) < 4.78 is 27.4. The van der Waals surface area contributed by atoms with Crippen molar-refractivity contribution in [2.45, 2.75) is 25.7 Å². The molecule has 17 heavy (non-hydrogen) atoms. The Morgan fingerprint density at radius 3 is 2.29 bits per heavy atom. The molecule has 1 amide bonds. The van der Waals surface area contributed by atoms with Crippen molar-refractivity contribution in [3.63, 3.8) is 0 Å². The minimum atomic E-state index is -3.44. The molecule has 0 radical (unpaired) electrons. The average molecular weight is 261 g/mol. The van der Waals surface area contributed by atoms with Crippen LogP contribution in [-0.2, 0) is 15.0 Å². The van der Waals surface area contributed by atoms with Gasteiger partial charge in [-0.3, -0.25) is 4.79 Å². The summed E-state index contributed by atoms with van der Waals surface area (Å²) >= 11 is 0. The highest BCUT2D eigenvalue weighted by Gasteiger charge is 2.32. The quantitative estimate of drug-likeness (QED) is 0.731. The fourth-order valence-electron chi connectivity index (χ4n) is 2.23. The van der Waals surface area contributed by atoms with E-state index in [1.54, 1.807) is 0 Å². The van der Waals surface area contributed by atoms with E-state index in [1.807, 2.05) is 0 Å². The number of hydrogen-bond donors (Lipinski definition) is 1. The van der Waals surface area contributed by atoms with E-state index >= 15 is 0 Å². The Morgan fingerprint density at radius 2 is 1.59 bits per heavy atom. The van der Waals surface area contributed by atoms with E-state index in [0.717, 1.165) is 19.3 Å². The number of rotatable bonds is 2. The minimum absolute atomic E-state index is 0.0428. The smallest absolute Gasteiger partial charge is 0.282 e. The van der Waals surface area contributed by atoms with E-state index < -0.39 is 10.2 Å². The van der Waals surface area contributed by atoms with Gasteiger partial charge in [0, 0.05) is 26.2 Å². The Bertz CT molecular complexity index is 376. The molecule has 0 bridgehead atoms. The molecule has 2 aliphatic rings. The molecule has 0 unspecified atom stereocenters. The third kappa shape index (κ3) is 2.97. The van der Waals surface area contributed by atoms with Crippen LogP contribution in [0.2, 0.25) is 0 Å². The molecule has 7 heteroatoms. The van der Waals surface area contributed by atoms with Crippen LogP contribution < -0.4 is 5.32 Å². The van der Waals surface area contributed by atoms with Crippen molar-refractivity contribution in [3.8, 4) is 0 Å². The summed E-state index contributed by atoms with van der Waals surface area (Å²) in [5, 5.41) is 2.69. The van der Waals surface area contributed by atoms with Crippen molar-refractivity contribution < 1.29 is 13.2 Å². The summed E-state index contributed by atoms with van der Waals surface area (Å²) in [5.74, 6) is -0.205. The van der Waals surface area contributed by atoms with Gasteiger partial charge in [-0.1, -0.05) is 6.42 Å². The second-order valence-electron chi connectivity index (χ2n) is 4.50. The summed E-state index contributed by atoms with van der Waals surface area (Å²) in [7, 11) is -3.44. The lowest BCUT2D eigenvalue weighted by molar-refractivity contribution is -0.120. The number of nitrogens with zero attached hydrogens (tertiary/aromatic N) is 2. The van der Waals surface area contributed by atoms with Crippen molar-refractivity contribution in [1.82, 2.24) is 13.9 Å². The molecule has 6 nitrogen and oxygen atoms in total. The molecule has 2 aliphatic heterocycles. The van der Waals surface area contributed by atoms with Gasteiger partial charge in [-0.2, -0.15) is 17.0 Å². The maximum atomic E-state index is 12.3. The Balaban J connectivity index is 2.09. The van der Waals surface area contributed by atoms with Gasteiger partial charge in [0.2, 0.25) is 5.91 Å². The van der Waals surface area contributed by atoms with Crippen molar-refractivity contribution in [2.75, 3.05) is 32.7 Å². The molecule has 2 saturated heterocycles. The number of carbonyl (C=O) groups excluding carboxylic acids is 1. The van der Waals surface area contributed by atoms with E-state index in [-0.39, 0.29) is 12.5 Å². The molecular formula is C10H19N3O3S. The second-order valence-corrected chi connectivity index (χ2v) is 6.43. The molecule has 1 N–H and O–H groups in total. The van der Waals surface area contributed by atoms with Crippen LogP contribution in [0.3, 0.4) is 0 Å². The van der Waals surface area contributed by atoms with Crippen molar-refractivity contribution >= 4 is 16.1 Å². The maximum Gasteiger partial charge on any atom is 0.282 e. The van der Waals surface area contributed by atoms with E-state index in [4.69, 9.17) is 0 Å². The first-order valence-corrected chi connectivity index (χ1v) is 7.52. The summed E-state index contributed by atoms with van der Waals surface area (Å²) in [6.07, 6.45) is 3.60. The van der Waals surface area contributed by atoms with Crippen LogP contribution in [0, 0.1) is 0 Å². The van der Waals surface area contributed by atoms with Crippen LogP contribution in [0.1, 0.15) is 25.7 Å². The Morgan fingerprint density at radius 1 is 0.941 bits per heavy atom. The molecule has 2 fully saturated rings.